The van der Waals surface area contributed by atoms with Crippen LogP contribution in [0.4, 0.5) is 0 Å². The number of nitrogens with one attached hydrogen (secondary N) is 2. The Morgan fingerprint density at radius 2 is 1.80 bits per heavy atom. The van der Waals surface area contributed by atoms with Gasteiger partial charge in [-0.05, 0) is 60.7 Å². The van der Waals surface area contributed by atoms with E-state index in [0.717, 1.165) is 33.5 Å². The van der Waals surface area contributed by atoms with Crippen LogP contribution in [0.25, 0.3) is 22.2 Å². The second kappa shape index (κ2) is 8.52. The van der Waals surface area contributed by atoms with E-state index in [1.165, 1.54) is 0 Å². The van der Waals surface area contributed by atoms with Crippen molar-refractivity contribution < 1.29 is 17.9 Å². The molecule has 1 aromatic heterocycles. The van der Waals surface area contributed by atoms with Crippen molar-refractivity contribution >= 4 is 26.6 Å². The molecule has 0 saturated carbocycles. The lowest BCUT2D eigenvalue weighted by atomic mass is 10.0. The van der Waals surface area contributed by atoms with Gasteiger partial charge in [-0.15, -0.1) is 0 Å². The number of carbonyl (C=O) groups excluding carboxylic acids is 1. The molecule has 0 unspecified atom stereocenters. The number of aryl methyl sites for hydroxylation is 1. The highest BCUT2D eigenvalue weighted by atomic mass is 32.2. The van der Waals surface area contributed by atoms with Crippen LogP contribution >= 0.6 is 0 Å². The van der Waals surface area contributed by atoms with Gasteiger partial charge in [-0.1, -0.05) is 18.2 Å². The van der Waals surface area contributed by atoms with Crippen molar-refractivity contribution in [1.29, 1.82) is 0 Å². The average molecular weight is 427 g/mol. The molecule has 7 heteroatoms. The van der Waals surface area contributed by atoms with Gasteiger partial charge in [0.05, 0.1) is 18.6 Å². The number of hydrogen-bond donors (Lipinski definition) is 2. The van der Waals surface area contributed by atoms with Gasteiger partial charge in [0.2, 0.25) is 5.91 Å². The lowest BCUT2D eigenvalue weighted by molar-refractivity contribution is -0.121. The number of amides is 1. The summed E-state index contributed by atoms with van der Waals surface area (Å²) in [5.41, 5.74) is 4.20. The number of benzene rings is 2. The van der Waals surface area contributed by atoms with Crippen LogP contribution in [-0.2, 0) is 21.1 Å². The molecule has 2 heterocycles. The van der Waals surface area contributed by atoms with E-state index in [9.17, 15) is 13.2 Å². The molecule has 1 aliphatic rings. The van der Waals surface area contributed by atoms with Gasteiger partial charge in [-0.2, -0.15) is 0 Å². The summed E-state index contributed by atoms with van der Waals surface area (Å²) in [5, 5.41) is 4.12. The highest BCUT2D eigenvalue weighted by Gasteiger charge is 2.24. The quantitative estimate of drug-likeness (QED) is 0.632. The minimum absolute atomic E-state index is 0.0368. The molecule has 4 rings (SSSR count). The fourth-order valence-electron chi connectivity index (χ4n) is 4.04. The maximum absolute atomic E-state index is 12.5. The van der Waals surface area contributed by atoms with E-state index < -0.39 is 9.84 Å². The normalized spacial score (nSPS) is 16.4. The summed E-state index contributed by atoms with van der Waals surface area (Å²) in [7, 11) is -1.29. The molecular formula is C23H26N2O4S. The number of aromatic nitrogens is 1. The van der Waals surface area contributed by atoms with Crippen LogP contribution < -0.4 is 10.1 Å². The summed E-state index contributed by atoms with van der Waals surface area (Å²) >= 11 is 0. The van der Waals surface area contributed by atoms with Gasteiger partial charge in [-0.3, -0.25) is 4.79 Å². The summed E-state index contributed by atoms with van der Waals surface area (Å²) in [4.78, 5) is 16.0. The number of fused-ring (bicyclic) bond motifs is 1. The number of aromatic amines is 1. The largest absolute Gasteiger partial charge is 0.497 e. The van der Waals surface area contributed by atoms with Crippen LogP contribution in [-0.4, -0.2) is 44.0 Å². The van der Waals surface area contributed by atoms with Crippen LogP contribution in [0.2, 0.25) is 0 Å². The molecule has 1 saturated heterocycles. The first-order valence-corrected chi connectivity index (χ1v) is 12.0. The molecule has 1 amide bonds. The van der Waals surface area contributed by atoms with Crippen LogP contribution in [0.5, 0.6) is 5.75 Å². The Morgan fingerprint density at radius 1 is 1.10 bits per heavy atom. The molecule has 0 atom stereocenters. The lowest BCUT2D eigenvalue weighted by Crippen LogP contribution is -2.40. The minimum atomic E-state index is -2.93. The first-order chi connectivity index (χ1) is 14.4. The number of hydrogen-bond acceptors (Lipinski definition) is 4. The molecule has 2 N–H and O–H groups in total. The smallest absolute Gasteiger partial charge is 0.220 e. The average Bonchev–Trinajstić information content (AvgIpc) is 3.12. The third-order valence-corrected chi connectivity index (χ3v) is 7.43. The number of ether oxygens (including phenoxy) is 1. The summed E-state index contributed by atoms with van der Waals surface area (Å²) in [6, 6.07) is 15.9. The SMILES string of the molecule is COc1ccc(-c2[nH]c3ccccc3c2CCC(=O)NC2CCS(=O)(=O)CC2)cc1. The van der Waals surface area contributed by atoms with Crippen molar-refractivity contribution in [2.45, 2.75) is 31.7 Å². The number of rotatable bonds is 6. The van der Waals surface area contributed by atoms with Crippen molar-refractivity contribution in [3.63, 3.8) is 0 Å². The van der Waals surface area contributed by atoms with Crippen molar-refractivity contribution in [2.75, 3.05) is 18.6 Å². The molecule has 30 heavy (non-hydrogen) atoms. The number of methoxy groups -OCH3 is 1. The van der Waals surface area contributed by atoms with Crippen molar-refractivity contribution in [1.82, 2.24) is 10.3 Å². The zero-order valence-corrected chi connectivity index (χ0v) is 17.8. The molecule has 1 fully saturated rings. The predicted molar refractivity (Wildman–Crippen MR) is 118 cm³/mol. The fourth-order valence-corrected chi connectivity index (χ4v) is 5.53. The van der Waals surface area contributed by atoms with Gasteiger partial charge in [0.1, 0.15) is 15.6 Å². The Kier molecular flexibility index (Phi) is 5.81. The standard InChI is InChI=1S/C23H26N2O4S/c1-29-18-8-6-16(7-9-18)23-20(19-4-2-3-5-21(19)25-23)10-11-22(26)24-17-12-14-30(27,28)15-13-17/h2-9,17,25H,10-15H2,1H3,(H,24,26). The van der Waals surface area contributed by atoms with Gasteiger partial charge >= 0.3 is 0 Å². The number of carbonyl (C=O) groups is 1. The van der Waals surface area contributed by atoms with Crippen LogP contribution in [0.15, 0.2) is 48.5 Å². The molecule has 0 spiro atoms. The van der Waals surface area contributed by atoms with Crippen molar-refractivity contribution in [3.8, 4) is 17.0 Å². The molecule has 0 aliphatic carbocycles. The zero-order chi connectivity index (χ0) is 21.1. The first kappa shape index (κ1) is 20.5. The van der Waals surface area contributed by atoms with E-state index in [-0.39, 0.29) is 23.5 Å². The van der Waals surface area contributed by atoms with E-state index in [4.69, 9.17) is 4.74 Å². The summed E-state index contributed by atoms with van der Waals surface area (Å²) < 4.78 is 28.4. The van der Waals surface area contributed by atoms with E-state index in [1.807, 2.05) is 42.5 Å². The van der Waals surface area contributed by atoms with Crippen LogP contribution in [0, 0.1) is 0 Å². The fraction of sp³-hybridized carbons (Fsp3) is 0.348. The van der Waals surface area contributed by atoms with Crippen molar-refractivity contribution in [3.05, 3.63) is 54.1 Å². The Labute approximate surface area is 176 Å². The van der Waals surface area contributed by atoms with Crippen LogP contribution in [0.1, 0.15) is 24.8 Å². The minimum Gasteiger partial charge on any atom is -0.497 e. The molecule has 2 aromatic carbocycles. The van der Waals surface area contributed by atoms with Gasteiger partial charge in [-0.25, -0.2) is 8.42 Å². The summed E-state index contributed by atoms with van der Waals surface area (Å²) in [6.45, 7) is 0. The number of sulfone groups is 1. The van der Waals surface area contributed by atoms with E-state index >= 15 is 0 Å². The van der Waals surface area contributed by atoms with Crippen molar-refractivity contribution in [2.24, 2.45) is 0 Å². The highest BCUT2D eigenvalue weighted by Crippen LogP contribution is 2.32. The predicted octanol–water partition coefficient (Wildman–Crippen LogP) is 3.47. The Balaban J connectivity index is 1.51. The monoisotopic (exact) mass is 426 g/mol. The molecule has 3 aromatic rings. The topological polar surface area (TPSA) is 88.3 Å². The summed E-state index contributed by atoms with van der Waals surface area (Å²) in [6.07, 6.45) is 1.95. The molecule has 158 valence electrons. The molecule has 1 aliphatic heterocycles. The first-order valence-electron chi connectivity index (χ1n) is 10.2. The van der Waals surface area contributed by atoms with E-state index in [2.05, 4.69) is 16.4 Å². The third kappa shape index (κ3) is 4.51. The van der Waals surface area contributed by atoms with Gasteiger partial charge in [0, 0.05) is 29.1 Å². The molecule has 0 radical (unpaired) electrons. The molecule has 0 bridgehead atoms. The number of para-hydroxylation sites is 1. The van der Waals surface area contributed by atoms with Gasteiger partial charge in [0.25, 0.3) is 0 Å². The second-order valence-electron chi connectivity index (χ2n) is 7.75. The Bertz CT molecular complexity index is 1140. The van der Waals surface area contributed by atoms with Gasteiger partial charge in [0.15, 0.2) is 0 Å². The maximum atomic E-state index is 12.5. The molecular weight excluding hydrogens is 400 g/mol. The lowest BCUT2D eigenvalue weighted by Gasteiger charge is -2.23. The molecule has 6 nitrogen and oxygen atoms in total. The third-order valence-electron chi connectivity index (χ3n) is 5.71. The second-order valence-corrected chi connectivity index (χ2v) is 10.0. The maximum Gasteiger partial charge on any atom is 0.220 e. The summed E-state index contributed by atoms with van der Waals surface area (Å²) in [5.74, 6) is 1.07. The zero-order valence-electron chi connectivity index (χ0n) is 17.0. The Hall–Kier alpha value is -2.80. The van der Waals surface area contributed by atoms with Crippen LogP contribution in [0.3, 0.4) is 0 Å². The van der Waals surface area contributed by atoms with Gasteiger partial charge < -0.3 is 15.0 Å². The highest BCUT2D eigenvalue weighted by molar-refractivity contribution is 7.91. The Morgan fingerprint density at radius 3 is 2.50 bits per heavy atom. The number of H-pyrrole nitrogens is 1. The van der Waals surface area contributed by atoms with E-state index in [0.29, 0.717) is 25.7 Å². The van der Waals surface area contributed by atoms with E-state index in [1.54, 1.807) is 7.11 Å².